The lowest BCUT2D eigenvalue weighted by Crippen LogP contribution is -2.41. The summed E-state index contributed by atoms with van der Waals surface area (Å²) in [6.45, 7) is 7.38. The van der Waals surface area contributed by atoms with Crippen molar-refractivity contribution in [2.24, 2.45) is 5.92 Å². The van der Waals surface area contributed by atoms with E-state index >= 15 is 0 Å². The molecule has 2 heterocycles. The minimum absolute atomic E-state index is 0.000220. The zero-order valence-electron chi connectivity index (χ0n) is 16.0. The first kappa shape index (κ1) is 19.0. The van der Waals surface area contributed by atoms with E-state index in [1.807, 2.05) is 4.90 Å². The molecule has 0 N–H and O–H groups in total. The van der Waals surface area contributed by atoms with Crippen LogP contribution in [0.25, 0.3) is 11.4 Å². The van der Waals surface area contributed by atoms with Crippen LogP contribution in [0.1, 0.15) is 44.0 Å². The summed E-state index contributed by atoms with van der Waals surface area (Å²) in [6, 6.07) is 6.88. The number of nitrogens with zero attached hydrogens (tertiary/aromatic N) is 5. The van der Waals surface area contributed by atoms with Gasteiger partial charge in [0.15, 0.2) is 0 Å². The molecule has 1 fully saturated rings. The number of benzene rings is 1. The van der Waals surface area contributed by atoms with Crippen molar-refractivity contribution >= 4 is 11.9 Å². The van der Waals surface area contributed by atoms with Gasteiger partial charge in [0, 0.05) is 18.7 Å². The van der Waals surface area contributed by atoms with Gasteiger partial charge in [-0.3, -0.25) is 4.79 Å². The Balaban J connectivity index is 1.68. The van der Waals surface area contributed by atoms with E-state index < -0.39 is 5.97 Å². The van der Waals surface area contributed by atoms with Crippen LogP contribution in [0.2, 0.25) is 0 Å². The second kappa shape index (κ2) is 8.28. The van der Waals surface area contributed by atoms with Gasteiger partial charge in [-0.1, -0.05) is 19.1 Å². The van der Waals surface area contributed by atoms with Gasteiger partial charge in [0.2, 0.25) is 11.7 Å². The van der Waals surface area contributed by atoms with Crippen molar-refractivity contribution in [3.05, 3.63) is 29.8 Å². The van der Waals surface area contributed by atoms with Crippen LogP contribution in [0, 0.1) is 5.92 Å². The summed E-state index contributed by atoms with van der Waals surface area (Å²) in [4.78, 5) is 27.7. The molecular formula is C19H25N5O3. The standard InChI is InChI=1S/C19H25N5O3/c1-13(2)27-19(26)16-8-4-7-15(10-16)18-20-22-24(21-18)12-17(25)23-9-5-6-14(3)11-23/h4,7-8,10,13-14H,5-6,9,11-12H2,1-3H3/t14-/m1/s1. The summed E-state index contributed by atoms with van der Waals surface area (Å²) in [6.07, 6.45) is 2.00. The van der Waals surface area contributed by atoms with Crippen LogP contribution in [0.5, 0.6) is 0 Å². The number of hydrogen-bond donors (Lipinski definition) is 0. The lowest BCUT2D eigenvalue weighted by molar-refractivity contribution is -0.134. The van der Waals surface area contributed by atoms with Crippen LogP contribution < -0.4 is 0 Å². The molecule has 1 aromatic carbocycles. The molecule has 1 saturated heterocycles. The van der Waals surface area contributed by atoms with Gasteiger partial charge in [-0.15, -0.1) is 10.2 Å². The molecule has 0 unspecified atom stereocenters. The quantitative estimate of drug-likeness (QED) is 0.748. The van der Waals surface area contributed by atoms with Gasteiger partial charge in [0.1, 0.15) is 6.54 Å². The fourth-order valence-electron chi connectivity index (χ4n) is 3.13. The predicted molar refractivity (Wildman–Crippen MR) is 98.8 cm³/mol. The average Bonchev–Trinajstić information content (AvgIpc) is 3.10. The maximum Gasteiger partial charge on any atom is 0.338 e. The number of carbonyl (C=O) groups is 2. The first-order chi connectivity index (χ1) is 12.9. The molecule has 0 aliphatic carbocycles. The number of tetrazole rings is 1. The number of piperidine rings is 1. The third kappa shape index (κ3) is 4.90. The lowest BCUT2D eigenvalue weighted by Gasteiger charge is -2.30. The first-order valence-corrected chi connectivity index (χ1v) is 9.29. The molecule has 0 bridgehead atoms. The highest BCUT2D eigenvalue weighted by Crippen LogP contribution is 2.18. The third-order valence-electron chi connectivity index (χ3n) is 4.44. The van der Waals surface area contributed by atoms with Crippen LogP contribution in [-0.2, 0) is 16.1 Å². The van der Waals surface area contributed by atoms with E-state index in [-0.39, 0.29) is 18.6 Å². The topological polar surface area (TPSA) is 90.2 Å². The molecule has 0 radical (unpaired) electrons. The smallest absolute Gasteiger partial charge is 0.338 e. The van der Waals surface area contributed by atoms with Crippen molar-refractivity contribution in [3.63, 3.8) is 0 Å². The Labute approximate surface area is 158 Å². The minimum Gasteiger partial charge on any atom is -0.459 e. The van der Waals surface area contributed by atoms with Crippen molar-refractivity contribution in [2.75, 3.05) is 13.1 Å². The third-order valence-corrected chi connectivity index (χ3v) is 4.44. The summed E-state index contributed by atoms with van der Waals surface area (Å²) in [5, 5.41) is 12.3. The fourth-order valence-corrected chi connectivity index (χ4v) is 3.13. The Morgan fingerprint density at radius 3 is 2.89 bits per heavy atom. The molecule has 8 nitrogen and oxygen atoms in total. The number of amides is 1. The highest BCUT2D eigenvalue weighted by molar-refractivity contribution is 5.90. The highest BCUT2D eigenvalue weighted by atomic mass is 16.5. The molecule has 3 rings (SSSR count). The Morgan fingerprint density at radius 2 is 2.15 bits per heavy atom. The van der Waals surface area contributed by atoms with E-state index in [0.29, 0.717) is 22.9 Å². The van der Waals surface area contributed by atoms with Gasteiger partial charge >= 0.3 is 5.97 Å². The molecule has 1 atom stereocenters. The van der Waals surface area contributed by atoms with Gasteiger partial charge in [0.25, 0.3) is 0 Å². The van der Waals surface area contributed by atoms with Crippen molar-refractivity contribution in [3.8, 4) is 11.4 Å². The highest BCUT2D eigenvalue weighted by Gasteiger charge is 2.22. The minimum atomic E-state index is -0.395. The number of likely N-dealkylation sites (tertiary alicyclic amines) is 1. The van der Waals surface area contributed by atoms with Crippen molar-refractivity contribution < 1.29 is 14.3 Å². The first-order valence-electron chi connectivity index (χ1n) is 9.29. The molecule has 1 aliphatic rings. The normalized spacial score (nSPS) is 17.2. The summed E-state index contributed by atoms with van der Waals surface area (Å²) >= 11 is 0. The number of hydrogen-bond acceptors (Lipinski definition) is 6. The summed E-state index contributed by atoms with van der Waals surface area (Å²) < 4.78 is 5.21. The molecule has 1 aliphatic heterocycles. The largest absolute Gasteiger partial charge is 0.459 e. The molecule has 0 spiro atoms. The van der Waals surface area contributed by atoms with E-state index in [4.69, 9.17) is 4.74 Å². The number of ether oxygens (including phenoxy) is 1. The molecule has 1 aromatic heterocycles. The number of aromatic nitrogens is 4. The number of rotatable bonds is 5. The van der Waals surface area contributed by atoms with Crippen molar-refractivity contribution in [2.45, 2.75) is 46.3 Å². The Hall–Kier alpha value is -2.77. The molecule has 0 saturated carbocycles. The molecule has 2 aromatic rings. The Kier molecular flexibility index (Phi) is 5.83. The van der Waals surface area contributed by atoms with E-state index in [0.717, 1.165) is 25.9 Å². The lowest BCUT2D eigenvalue weighted by atomic mass is 10.0. The number of carbonyl (C=O) groups excluding carboxylic acids is 2. The Morgan fingerprint density at radius 1 is 1.33 bits per heavy atom. The van der Waals surface area contributed by atoms with Crippen LogP contribution in [-0.4, -0.2) is 56.2 Å². The average molecular weight is 371 g/mol. The van der Waals surface area contributed by atoms with Crippen LogP contribution in [0.3, 0.4) is 0 Å². The van der Waals surface area contributed by atoms with Crippen LogP contribution >= 0.6 is 0 Å². The van der Waals surface area contributed by atoms with Crippen molar-refractivity contribution in [1.29, 1.82) is 0 Å². The Bertz CT molecular complexity index is 817. The predicted octanol–water partition coefficient (Wildman–Crippen LogP) is 2.16. The molecule has 27 heavy (non-hydrogen) atoms. The maximum absolute atomic E-state index is 12.4. The van der Waals surface area contributed by atoms with Gasteiger partial charge < -0.3 is 9.64 Å². The SMILES string of the molecule is CC(C)OC(=O)c1cccc(-c2nnn(CC(=O)N3CCC[C@@H](C)C3)n2)c1. The van der Waals surface area contributed by atoms with Crippen molar-refractivity contribution in [1.82, 2.24) is 25.1 Å². The maximum atomic E-state index is 12.4. The summed E-state index contributed by atoms with van der Waals surface area (Å²) in [5.41, 5.74) is 1.08. The summed E-state index contributed by atoms with van der Waals surface area (Å²) in [7, 11) is 0. The van der Waals surface area contributed by atoms with Gasteiger partial charge in [-0.2, -0.15) is 4.80 Å². The van der Waals surface area contributed by atoms with Crippen LogP contribution in [0.4, 0.5) is 0 Å². The number of esters is 1. The molecule has 144 valence electrons. The van der Waals surface area contributed by atoms with E-state index in [9.17, 15) is 9.59 Å². The van der Waals surface area contributed by atoms with Gasteiger partial charge in [0.05, 0.1) is 11.7 Å². The van der Waals surface area contributed by atoms with E-state index in [2.05, 4.69) is 22.3 Å². The molecular weight excluding hydrogens is 346 g/mol. The zero-order valence-corrected chi connectivity index (χ0v) is 16.0. The summed E-state index contributed by atoms with van der Waals surface area (Å²) in [5.74, 6) is 0.498. The fraction of sp³-hybridized carbons (Fsp3) is 0.526. The zero-order chi connectivity index (χ0) is 19.4. The van der Waals surface area contributed by atoms with E-state index in [1.165, 1.54) is 4.80 Å². The van der Waals surface area contributed by atoms with E-state index in [1.54, 1.807) is 38.1 Å². The van der Waals surface area contributed by atoms with Gasteiger partial charge in [-0.05, 0) is 50.0 Å². The molecule has 8 heteroatoms. The second-order valence-corrected chi connectivity index (χ2v) is 7.27. The van der Waals surface area contributed by atoms with Gasteiger partial charge in [-0.25, -0.2) is 4.79 Å². The monoisotopic (exact) mass is 371 g/mol. The van der Waals surface area contributed by atoms with Crippen LogP contribution in [0.15, 0.2) is 24.3 Å². The second-order valence-electron chi connectivity index (χ2n) is 7.27. The molecule has 1 amide bonds.